The van der Waals surface area contributed by atoms with Crippen molar-refractivity contribution in [3.63, 3.8) is 0 Å². The fourth-order valence-corrected chi connectivity index (χ4v) is 6.01. The third-order valence-corrected chi connectivity index (χ3v) is 9.05. The molecule has 182 valence electrons. The fraction of sp³-hybridized carbons (Fsp3) is 0.810. The summed E-state index contributed by atoms with van der Waals surface area (Å²) in [5.74, 6) is -1.01. The lowest BCUT2D eigenvalue weighted by atomic mass is 9.87. The van der Waals surface area contributed by atoms with Crippen LogP contribution in [-0.2, 0) is 18.6 Å². The summed E-state index contributed by atoms with van der Waals surface area (Å²) in [6.07, 6.45) is 2.01. The van der Waals surface area contributed by atoms with Crippen molar-refractivity contribution in [2.24, 2.45) is 5.92 Å². The molecule has 1 saturated carbocycles. The van der Waals surface area contributed by atoms with E-state index < -0.39 is 41.7 Å². The third kappa shape index (κ3) is 4.81. The second-order valence-corrected chi connectivity index (χ2v) is 12.0. The number of ether oxygens (including phenoxy) is 2. The molecule has 3 rings (SSSR count). The van der Waals surface area contributed by atoms with Crippen molar-refractivity contribution >= 4 is 7.60 Å². The number of H-pyrrole nitrogens is 1. The Morgan fingerprint density at radius 2 is 1.88 bits per heavy atom. The average Bonchev–Trinajstić information content (AvgIpc) is 3.15. The molecule has 0 aromatic carbocycles. The first-order valence-electron chi connectivity index (χ1n) is 11.1. The number of rotatable bonds is 8. The maximum atomic E-state index is 12.9. The van der Waals surface area contributed by atoms with Crippen molar-refractivity contribution in [2.75, 3.05) is 0 Å². The molecule has 0 spiro atoms. The minimum atomic E-state index is -4.34. The van der Waals surface area contributed by atoms with Crippen molar-refractivity contribution in [2.45, 2.75) is 102 Å². The molecule has 7 atom stereocenters. The molecule has 32 heavy (non-hydrogen) atoms. The van der Waals surface area contributed by atoms with E-state index in [0.717, 1.165) is 0 Å². The van der Waals surface area contributed by atoms with Gasteiger partial charge >= 0.3 is 13.3 Å². The first-order valence-corrected chi connectivity index (χ1v) is 12.6. The van der Waals surface area contributed by atoms with E-state index in [1.165, 1.54) is 23.8 Å². The SMILES string of the molecule is CCC(C)(C[C@H]1CC(n2ccc(=O)[nH]c2=O)[C@@H]2OC(C)(C)O[C@H]12)OP(=O)(O)C(C)(O)CC. The maximum absolute atomic E-state index is 12.9. The lowest BCUT2D eigenvalue weighted by molar-refractivity contribution is -0.162. The standard InChI is InChI=1S/C21H35N2O8P/c1-7-20(5,31-32(27,28)21(6,26)8-2)12-13-11-14(17-16(13)29-19(3,4)30-17)23-10-9-15(24)22-18(23)25/h9-10,13-14,16-17,26H,7-8,11-12H2,1-6H3,(H,27,28)(H,22,24,25)/t13-,14?,16-,17+,20?,21?/m1/s1. The molecule has 0 bridgehead atoms. The van der Waals surface area contributed by atoms with Crippen LogP contribution >= 0.6 is 7.60 Å². The van der Waals surface area contributed by atoms with Gasteiger partial charge in [0, 0.05) is 12.3 Å². The van der Waals surface area contributed by atoms with Crippen LogP contribution in [0.5, 0.6) is 0 Å². The van der Waals surface area contributed by atoms with Gasteiger partial charge in [-0.25, -0.2) is 4.79 Å². The molecule has 11 heteroatoms. The topological polar surface area (TPSA) is 140 Å². The van der Waals surface area contributed by atoms with Crippen LogP contribution in [0.2, 0.25) is 0 Å². The Hall–Kier alpha value is -1.29. The molecule has 1 aromatic rings. The van der Waals surface area contributed by atoms with Crippen LogP contribution in [0.15, 0.2) is 21.9 Å². The van der Waals surface area contributed by atoms with Crippen LogP contribution in [0.3, 0.4) is 0 Å². The molecule has 1 aromatic heterocycles. The zero-order chi connectivity index (χ0) is 24.1. The fourth-order valence-electron chi connectivity index (χ4n) is 4.62. The van der Waals surface area contributed by atoms with Crippen LogP contribution in [0.1, 0.15) is 73.3 Å². The molecule has 10 nitrogen and oxygen atoms in total. The number of hydrogen-bond donors (Lipinski definition) is 3. The second kappa shape index (κ2) is 8.49. The Balaban J connectivity index is 1.90. The van der Waals surface area contributed by atoms with Crippen LogP contribution in [0.4, 0.5) is 0 Å². The van der Waals surface area contributed by atoms with Crippen molar-refractivity contribution in [1.29, 1.82) is 0 Å². The number of nitrogens with one attached hydrogen (secondary N) is 1. The van der Waals surface area contributed by atoms with E-state index in [9.17, 15) is 24.2 Å². The highest BCUT2D eigenvalue weighted by molar-refractivity contribution is 7.54. The molecule has 2 heterocycles. The van der Waals surface area contributed by atoms with Crippen molar-refractivity contribution < 1.29 is 28.6 Å². The van der Waals surface area contributed by atoms with Crippen molar-refractivity contribution in [1.82, 2.24) is 9.55 Å². The van der Waals surface area contributed by atoms with Gasteiger partial charge in [0.05, 0.1) is 17.7 Å². The molecule has 1 aliphatic heterocycles. The predicted molar refractivity (Wildman–Crippen MR) is 117 cm³/mol. The molecular weight excluding hydrogens is 439 g/mol. The van der Waals surface area contributed by atoms with E-state index in [1.54, 1.807) is 27.7 Å². The molecule has 2 fully saturated rings. The highest BCUT2D eigenvalue weighted by atomic mass is 31.2. The van der Waals surface area contributed by atoms with Crippen LogP contribution in [0.25, 0.3) is 0 Å². The Kier molecular flexibility index (Phi) is 6.72. The zero-order valence-electron chi connectivity index (χ0n) is 19.5. The maximum Gasteiger partial charge on any atom is 0.359 e. The molecule has 1 aliphatic carbocycles. The van der Waals surface area contributed by atoms with E-state index in [1.807, 2.05) is 6.92 Å². The van der Waals surface area contributed by atoms with E-state index in [-0.39, 0.29) is 24.5 Å². The van der Waals surface area contributed by atoms with Gasteiger partial charge in [-0.1, -0.05) is 13.8 Å². The first kappa shape index (κ1) is 25.3. The quantitative estimate of drug-likeness (QED) is 0.488. The number of aromatic amines is 1. The smallest absolute Gasteiger partial charge is 0.359 e. The Bertz CT molecular complexity index is 1000. The molecule has 2 aliphatic rings. The Labute approximate surface area is 187 Å². The van der Waals surface area contributed by atoms with Gasteiger partial charge in [-0.2, -0.15) is 0 Å². The van der Waals surface area contributed by atoms with Gasteiger partial charge in [-0.05, 0) is 59.3 Å². The summed E-state index contributed by atoms with van der Waals surface area (Å²) >= 11 is 0. The number of aliphatic hydroxyl groups is 1. The van der Waals surface area contributed by atoms with Gasteiger partial charge in [-0.3, -0.25) is 18.9 Å². The van der Waals surface area contributed by atoms with Gasteiger partial charge in [0.1, 0.15) is 6.10 Å². The van der Waals surface area contributed by atoms with E-state index in [2.05, 4.69) is 4.98 Å². The van der Waals surface area contributed by atoms with Gasteiger partial charge in [0.25, 0.3) is 5.56 Å². The summed E-state index contributed by atoms with van der Waals surface area (Å²) in [7, 11) is -4.34. The molecule has 0 amide bonds. The number of fused-ring (bicyclic) bond motifs is 1. The van der Waals surface area contributed by atoms with Gasteiger partial charge in [0.15, 0.2) is 11.1 Å². The number of nitrogens with zero attached hydrogens (tertiary/aromatic N) is 1. The molecule has 3 N–H and O–H groups in total. The van der Waals surface area contributed by atoms with Crippen molar-refractivity contribution in [3.8, 4) is 0 Å². The molecular formula is C21H35N2O8P. The van der Waals surface area contributed by atoms with E-state index >= 15 is 0 Å². The van der Waals surface area contributed by atoms with Crippen molar-refractivity contribution in [3.05, 3.63) is 33.1 Å². The summed E-state index contributed by atoms with van der Waals surface area (Å²) in [6.45, 7) is 10.1. The second-order valence-electron chi connectivity index (χ2n) is 9.84. The minimum absolute atomic E-state index is 0.0665. The number of aromatic nitrogens is 2. The largest absolute Gasteiger partial charge is 0.378 e. The molecule has 4 unspecified atom stereocenters. The van der Waals surface area contributed by atoms with E-state index in [4.69, 9.17) is 14.0 Å². The van der Waals surface area contributed by atoms with Gasteiger partial charge in [0.2, 0.25) is 0 Å². The van der Waals surface area contributed by atoms with Crippen LogP contribution < -0.4 is 11.2 Å². The summed E-state index contributed by atoms with van der Waals surface area (Å²) in [4.78, 5) is 36.7. The normalized spacial score (nSPS) is 32.6. The van der Waals surface area contributed by atoms with E-state index in [0.29, 0.717) is 19.3 Å². The summed E-state index contributed by atoms with van der Waals surface area (Å²) in [5, 5.41) is 8.52. The average molecular weight is 474 g/mol. The number of hydrogen-bond acceptors (Lipinski definition) is 7. The first-order chi connectivity index (χ1) is 14.6. The lowest BCUT2D eigenvalue weighted by Crippen LogP contribution is -2.37. The highest BCUT2D eigenvalue weighted by Crippen LogP contribution is 2.60. The van der Waals surface area contributed by atoms with Crippen LogP contribution in [0, 0.1) is 5.92 Å². The Morgan fingerprint density at radius 3 is 2.44 bits per heavy atom. The van der Waals surface area contributed by atoms with Gasteiger partial charge in [-0.15, -0.1) is 0 Å². The third-order valence-electron chi connectivity index (χ3n) is 6.82. The minimum Gasteiger partial charge on any atom is -0.378 e. The molecule has 1 saturated heterocycles. The molecule has 0 radical (unpaired) electrons. The van der Waals surface area contributed by atoms with Crippen LogP contribution in [-0.4, -0.2) is 48.5 Å². The summed E-state index contributed by atoms with van der Waals surface area (Å²) < 4.78 is 32.3. The highest BCUT2D eigenvalue weighted by Gasteiger charge is 2.56. The van der Waals surface area contributed by atoms with Gasteiger partial charge < -0.3 is 24.0 Å². The summed E-state index contributed by atoms with van der Waals surface area (Å²) in [6, 6.07) is 0.913. The predicted octanol–water partition coefficient (Wildman–Crippen LogP) is 2.50. The lowest BCUT2D eigenvalue weighted by Gasteiger charge is -2.38. The monoisotopic (exact) mass is 474 g/mol. The Morgan fingerprint density at radius 1 is 1.25 bits per heavy atom. The summed E-state index contributed by atoms with van der Waals surface area (Å²) in [5.41, 5.74) is -2.02. The zero-order valence-corrected chi connectivity index (χ0v) is 20.4.